The van der Waals surface area contributed by atoms with Gasteiger partial charge in [0.05, 0.1) is 5.92 Å². The summed E-state index contributed by atoms with van der Waals surface area (Å²) in [5.41, 5.74) is 0.828. The van der Waals surface area contributed by atoms with Gasteiger partial charge in [-0.05, 0) is 80.5 Å². The first-order chi connectivity index (χ1) is 14.0. The summed E-state index contributed by atoms with van der Waals surface area (Å²) in [6.45, 7) is 8.39. The Morgan fingerprint density at radius 2 is 1.83 bits per heavy atom. The first-order valence-corrected chi connectivity index (χ1v) is 12.6. The molecule has 0 radical (unpaired) electrons. The number of Topliss-reactive ketones (excluding diaryl/α,β-unsaturated/α-hetero) is 1. The Hall–Kier alpha value is -0.540. The monoisotopic (exact) mass is 452 g/mol. The molecule has 0 spiro atoms. The van der Waals surface area contributed by atoms with Crippen LogP contribution in [0.5, 0.6) is 0 Å². The van der Waals surface area contributed by atoms with E-state index in [1.807, 2.05) is 6.92 Å². The first kappa shape index (κ1) is 21.3. The average Bonchev–Trinajstić information content (AvgIpc) is 2.97. The van der Waals surface area contributed by atoms with Crippen LogP contribution in [0.2, 0.25) is 0 Å². The van der Waals surface area contributed by atoms with Gasteiger partial charge in [0.25, 0.3) is 0 Å². The van der Waals surface area contributed by atoms with Gasteiger partial charge < -0.3 is 4.74 Å². The molecule has 0 N–H and O–H groups in total. The molecule has 30 heavy (non-hydrogen) atoms. The van der Waals surface area contributed by atoms with Crippen LogP contribution >= 0.6 is 23.2 Å². The second-order valence-corrected chi connectivity index (χ2v) is 12.6. The Labute approximate surface area is 190 Å². The molecule has 0 bridgehead atoms. The fraction of sp³-hybridized carbons (Fsp3) is 0.840. The summed E-state index contributed by atoms with van der Waals surface area (Å²) in [5, 5.41) is 0. The van der Waals surface area contributed by atoms with Crippen molar-refractivity contribution in [3.05, 3.63) is 11.6 Å². The van der Waals surface area contributed by atoms with Crippen LogP contribution in [0.15, 0.2) is 11.6 Å². The molecule has 0 saturated heterocycles. The molecular formula is C25H34Cl2O3. The first-order valence-electron chi connectivity index (χ1n) is 11.8. The highest BCUT2D eigenvalue weighted by molar-refractivity contribution is 6.53. The van der Waals surface area contributed by atoms with E-state index in [4.69, 9.17) is 27.9 Å². The molecule has 0 unspecified atom stereocenters. The van der Waals surface area contributed by atoms with Crippen molar-refractivity contribution in [1.82, 2.24) is 0 Å². The quantitative estimate of drug-likeness (QED) is 0.288. The van der Waals surface area contributed by atoms with Crippen molar-refractivity contribution in [1.29, 1.82) is 0 Å². The Bertz CT molecular complexity index is 834. The van der Waals surface area contributed by atoms with Crippen molar-refractivity contribution in [3.8, 4) is 0 Å². The predicted molar refractivity (Wildman–Crippen MR) is 118 cm³/mol. The average molecular weight is 453 g/mol. The lowest BCUT2D eigenvalue weighted by Gasteiger charge is -2.57. The largest absolute Gasteiger partial charge is 0.455 e. The maximum Gasteiger partial charge on any atom is 0.306 e. The van der Waals surface area contributed by atoms with Gasteiger partial charge in [0.2, 0.25) is 0 Å². The number of ketones is 1. The minimum Gasteiger partial charge on any atom is -0.455 e. The third-order valence-electron chi connectivity index (χ3n) is 10.2. The highest BCUT2D eigenvalue weighted by atomic mass is 35.5. The van der Waals surface area contributed by atoms with Crippen molar-refractivity contribution in [3.63, 3.8) is 0 Å². The molecule has 4 fully saturated rings. The zero-order valence-electron chi connectivity index (χ0n) is 18.6. The third-order valence-corrected chi connectivity index (χ3v) is 11.3. The van der Waals surface area contributed by atoms with Crippen LogP contribution in [-0.2, 0) is 14.3 Å². The number of allylic oxidation sites excluding steroid dienone is 1. The maximum atomic E-state index is 12.3. The molecule has 0 heterocycles. The van der Waals surface area contributed by atoms with Gasteiger partial charge in [-0.15, -0.1) is 0 Å². The van der Waals surface area contributed by atoms with Crippen molar-refractivity contribution >= 4 is 35.0 Å². The molecule has 0 aromatic rings. The fourth-order valence-electron chi connectivity index (χ4n) is 8.65. The Balaban J connectivity index is 1.47. The van der Waals surface area contributed by atoms with E-state index in [0.717, 1.165) is 32.1 Å². The summed E-state index contributed by atoms with van der Waals surface area (Å²) in [7, 11) is 0. The van der Waals surface area contributed by atoms with Gasteiger partial charge in [-0.3, -0.25) is 9.59 Å². The molecule has 0 aliphatic heterocycles. The zero-order chi connectivity index (χ0) is 21.7. The van der Waals surface area contributed by atoms with Gasteiger partial charge in [-0.2, -0.15) is 0 Å². The van der Waals surface area contributed by atoms with Crippen LogP contribution in [0.25, 0.3) is 0 Å². The second-order valence-electron chi connectivity index (χ2n) is 11.2. The topological polar surface area (TPSA) is 43.4 Å². The van der Waals surface area contributed by atoms with E-state index in [9.17, 15) is 9.59 Å². The SMILES string of the molecule is CCC(=O)O[C@@]12CC[C@@]3(C)C(=CC[C@H]4[C@@H]5CC[C@H](C(C)=O)[C@@]5(C)CC[C@@H]43)[C@H]1C2(Cl)Cl. The molecule has 3 nitrogen and oxygen atoms in total. The van der Waals surface area contributed by atoms with Crippen LogP contribution in [0, 0.1) is 40.4 Å². The summed E-state index contributed by atoms with van der Waals surface area (Å²) < 4.78 is 4.88. The number of carbonyl (C=O) groups is 2. The zero-order valence-corrected chi connectivity index (χ0v) is 20.1. The highest BCUT2D eigenvalue weighted by Crippen LogP contribution is 2.78. The van der Waals surface area contributed by atoms with Crippen molar-refractivity contribution in [2.45, 2.75) is 89.0 Å². The summed E-state index contributed by atoms with van der Waals surface area (Å²) in [6, 6.07) is 0. The predicted octanol–water partition coefficient (Wildman–Crippen LogP) is 6.26. The van der Waals surface area contributed by atoms with Crippen LogP contribution in [0.4, 0.5) is 0 Å². The van der Waals surface area contributed by atoms with E-state index in [1.165, 1.54) is 18.4 Å². The number of ether oxygens (including phenoxy) is 1. The van der Waals surface area contributed by atoms with Crippen LogP contribution < -0.4 is 0 Å². The smallest absolute Gasteiger partial charge is 0.306 e. The number of alkyl halides is 2. The van der Waals surface area contributed by atoms with Gasteiger partial charge in [0.1, 0.15) is 5.78 Å². The number of esters is 1. The Kier molecular flexibility index (Phi) is 4.62. The molecule has 5 heteroatoms. The van der Waals surface area contributed by atoms with Crippen LogP contribution in [0.3, 0.4) is 0 Å². The molecule has 0 aromatic heterocycles. The minimum atomic E-state index is -1.01. The lowest BCUT2D eigenvalue weighted by Crippen LogP contribution is -2.51. The fourth-order valence-corrected chi connectivity index (χ4v) is 9.62. The Morgan fingerprint density at radius 1 is 1.10 bits per heavy atom. The van der Waals surface area contributed by atoms with E-state index in [0.29, 0.717) is 30.0 Å². The highest BCUT2D eigenvalue weighted by Gasteiger charge is 2.83. The molecule has 5 aliphatic carbocycles. The summed E-state index contributed by atoms with van der Waals surface area (Å²) in [5.74, 6) is 2.18. The summed E-state index contributed by atoms with van der Waals surface area (Å²) in [6.07, 6.45) is 10.0. The van der Waals surface area contributed by atoms with Crippen LogP contribution in [0.1, 0.15) is 79.1 Å². The molecular weight excluding hydrogens is 419 g/mol. The number of halogens is 2. The second kappa shape index (κ2) is 6.50. The van der Waals surface area contributed by atoms with Crippen molar-refractivity contribution in [2.24, 2.45) is 40.4 Å². The summed E-state index contributed by atoms with van der Waals surface area (Å²) >= 11 is 13.6. The van der Waals surface area contributed by atoms with Crippen molar-refractivity contribution < 1.29 is 14.3 Å². The Morgan fingerprint density at radius 3 is 2.50 bits per heavy atom. The third kappa shape index (κ3) is 2.46. The summed E-state index contributed by atoms with van der Waals surface area (Å²) in [4.78, 5) is 24.5. The van der Waals surface area contributed by atoms with Crippen molar-refractivity contribution in [2.75, 3.05) is 0 Å². The minimum absolute atomic E-state index is 0.0663. The number of fused-ring (bicyclic) bond motifs is 7. The van der Waals surface area contributed by atoms with E-state index < -0.39 is 9.93 Å². The number of rotatable bonds is 3. The molecule has 5 rings (SSSR count). The number of hydrogen-bond acceptors (Lipinski definition) is 3. The molecule has 0 aromatic carbocycles. The molecule has 4 saturated carbocycles. The molecule has 166 valence electrons. The van der Waals surface area contributed by atoms with Gasteiger partial charge >= 0.3 is 5.97 Å². The molecule has 8 atom stereocenters. The molecule has 5 aliphatic rings. The lowest BCUT2D eigenvalue weighted by atomic mass is 9.47. The van der Waals surface area contributed by atoms with Gasteiger partial charge in [-0.1, -0.05) is 55.6 Å². The number of hydrogen-bond donors (Lipinski definition) is 0. The standard InChI is InChI=1S/C25H34Cl2O3/c1-5-20(29)30-24-13-12-23(4)18-10-11-22(3)16(14(2)28)8-9-17(22)15(18)6-7-19(23)21(24)25(24,26)27/h7,15-18,21H,5-6,8-13H2,1-4H3/t15-,16+,17-,18-,21+,22+,23+,24-/m0/s1. The van der Waals surface area contributed by atoms with Crippen LogP contribution in [-0.4, -0.2) is 21.7 Å². The van der Waals surface area contributed by atoms with E-state index in [1.54, 1.807) is 6.92 Å². The maximum absolute atomic E-state index is 12.3. The van der Waals surface area contributed by atoms with E-state index in [2.05, 4.69) is 19.9 Å². The van der Waals surface area contributed by atoms with Gasteiger partial charge in [0.15, 0.2) is 9.93 Å². The number of carbonyl (C=O) groups excluding carboxylic acids is 2. The lowest BCUT2D eigenvalue weighted by molar-refractivity contribution is -0.154. The van der Waals surface area contributed by atoms with E-state index >= 15 is 0 Å². The van der Waals surface area contributed by atoms with Gasteiger partial charge in [-0.25, -0.2) is 0 Å². The van der Waals surface area contributed by atoms with E-state index in [-0.39, 0.29) is 28.6 Å². The molecule has 0 amide bonds. The normalized spacial score (nSPS) is 50.3. The van der Waals surface area contributed by atoms with Gasteiger partial charge in [0, 0.05) is 12.3 Å².